The molecule has 7 heteroatoms. The number of fused-ring (bicyclic) bond motifs is 1. The standard InChI is InChI=1S/C24H22FN3O3/c1-30-22-5-3-4-19(23(22)31-2)13-26-24(29)17-8-9-18-14-27-28(21(18)12-17)15-16-6-10-20(25)11-7-16/h3-12,14H,13,15H2,1-2H3,(H,26,29). The van der Waals surface area contributed by atoms with Crippen LogP contribution in [0.5, 0.6) is 11.5 Å². The third-order valence-corrected chi connectivity index (χ3v) is 5.08. The summed E-state index contributed by atoms with van der Waals surface area (Å²) in [7, 11) is 3.14. The zero-order valence-corrected chi connectivity index (χ0v) is 17.3. The quantitative estimate of drug-likeness (QED) is 0.488. The molecule has 0 saturated carbocycles. The lowest BCUT2D eigenvalue weighted by Crippen LogP contribution is -2.23. The Morgan fingerprint density at radius 1 is 1.06 bits per heavy atom. The van der Waals surface area contributed by atoms with E-state index in [0.29, 0.717) is 30.2 Å². The van der Waals surface area contributed by atoms with Crippen molar-refractivity contribution in [3.63, 3.8) is 0 Å². The molecule has 1 heterocycles. The van der Waals surface area contributed by atoms with Crippen LogP contribution in [0, 0.1) is 5.82 Å². The van der Waals surface area contributed by atoms with Gasteiger partial charge in [-0.25, -0.2) is 4.39 Å². The first-order chi connectivity index (χ1) is 15.1. The van der Waals surface area contributed by atoms with Crippen LogP contribution in [-0.2, 0) is 13.1 Å². The van der Waals surface area contributed by atoms with Crippen LogP contribution < -0.4 is 14.8 Å². The number of hydrogen-bond acceptors (Lipinski definition) is 4. The molecule has 0 unspecified atom stereocenters. The second-order valence-corrected chi connectivity index (χ2v) is 7.04. The Balaban J connectivity index is 1.53. The molecule has 3 aromatic carbocycles. The van der Waals surface area contributed by atoms with Crippen LogP contribution in [0.15, 0.2) is 66.9 Å². The Bertz CT molecular complexity index is 1220. The summed E-state index contributed by atoms with van der Waals surface area (Å²) in [6.07, 6.45) is 1.75. The zero-order chi connectivity index (χ0) is 21.8. The van der Waals surface area contributed by atoms with E-state index in [0.717, 1.165) is 22.0 Å². The maximum atomic E-state index is 13.2. The number of nitrogens with one attached hydrogen (secondary N) is 1. The van der Waals surface area contributed by atoms with Crippen molar-refractivity contribution < 1.29 is 18.7 Å². The number of halogens is 1. The van der Waals surface area contributed by atoms with Gasteiger partial charge in [-0.15, -0.1) is 0 Å². The average molecular weight is 419 g/mol. The molecule has 0 saturated heterocycles. The molecule has 0 spiro atoms. The Kier molecular flexibility index (Phi) is 5.84. The van der Waals surface area contributed by atoms with E-state index in [4.69, 9.17) is 9.47 Å². The van der Waals surface area contributed by atoms with Gasteiger partial charge in [0.05, 0.1) is 32.5 Å². The second-order valence-electron chi connectivity index (χ2n) is 7.04. The monoisotopic (exact) mass is 419 g/mol. The first kappa shape index (κ1) is 20.4. The van der Waals surface area contributed by atoms with Crippen LogP contribution in [0.3, 0.4) is 0 Å². The van der Waals surface area contributed by atoms with E-state index in [-0.39, 0.29) is 11.7 Å². The predicted molar refractivity (Wildman–Crippen MR) is 116 cm³/mol. The van der Waals surface area contributed by atoms with Crippen molar-refractivity contribution in [1.82, 2.24) is 15.1 Å². The minimum absolute atomic E-state index is 0.207. The summed E-state index contributed by atoms with van der Waals surface area (Å²) < 4.78 is 25.7. The highest BCUT2D eigenvalue weighted by molar-refractivity contribution is 5.97. The van der Waals surface area contributed by atoms with Crippen molar-refractivity contribution in [2.75, 3.05) is 14.2 Å². The van der Waals surface area contributed by atoms with Gasteiger partial charge in [-0.1, -0.05) is 30.3 Å². The molecule has 0 bridgehead atoms. The molecular formula is C24H22FN3O3. The molecule has 0 fully saturated rings. The maximum absolute atomic E-state index is 13.2. The average Bonchev–Trinajstić information content (AvgIpc) is 3.20. The highest BCUT2D eigenvalue weighted by Gasteiger charge is 2.13. The Hall–Kier alpha value is -3.87. The van der Waals surface area contributed by atoms with Gasteiger partial charge in [0.15, 0.2) is 11.5 Å². The van der Waals surface area contributed by atoms with Gasteiger partial charge >= 0.3 is 0 Å². The number of rotatable bonds is 7. The Morgan fingerprint density at radius 2 is 1.87 bits per heavy atom. The minimum atomic E-state index is -0.277. The normalized spacial score (nSPS) is 10.8. The highest BCUT2D eigenvalue weighted by Crippen LogP contribution is 2.30. The molecule has 6 nitrogen and oxygen atoms in total. The summed E-state index contributed by atoms with van der Waals surface area (Å²) in [5.74, 6) is 0.723. The Labute approximate surface area is 179 Å². The molecule has 158 valence electrons. The van der Waals surface area contributed by atoms with Crippen molar-refractivity contribution in [2.45, 2.75) is 13.1 Å². The van der Waals surface area contributed by atoms with Gasteiger partial charge in [0.1, 0.15) is 5.82 Å². The van der Waals surface area contributed by atoms with Crippen LogP contribution in [-0.4, -0.2) is 29.9 Å². The number of ether oxygens (including phenoxy) is 2. The van der Waals surface area contributed by atoms with E-state index in [9.17, 15) is 9.18 Å². The SMILES string of the molecule is COc1cccc(CNC(=O)c2ccc3cnn(Cc4ccc(F)cc4)c3c2)c1OC. The van der Waals surface area contributed by atoms with Gasteiger partial charge in [0.2, 0.25) is 0 Å². The lowest BCUT2D eigenvalue weighted by Gasteiger charge is -2.13. The number of methoxy groups -OCH3 is 2. The second kappa shape index (κ2) is 8.87. The van der Waals surface area contributed by atoms with Crippen molar-refractivity contribution in [3.8, 4) is 11.5 Å². The van der Waals surface area contributed by atoms with E-state index in [1.165, 1.54) is 12.1 Å². The van der Waals surface area contributed by atoms with Crippen molar-refractivity contribution >= 4 is 16.8 Å². The topological polar surface area (TPSA) is 65.4 Å². The molecule has 31 heavy (non-hydrogen) atoms. The summed E-state index contributed by atoms with van der Waals surface area (Å²) >= 11 is 0. The van der Waals surface area contributed by atoms with Gasteiger partial charge in [0.25, 0.3) is 5.91 Å². The fraction of sp³-hybridized carbons (Fsp3) is 0.167. The van der Waals surface area contributed by atoms with Crippen molar-refractivity contribution in [2.24, 2.45) is 0 Å². The molecule has 0 atom stereocenters. The number of carbonyl (C=O) groups is 1. The van der Waals surface area contributed by atoms with E-state index in [1.54, 1.807) is 49.4 Å². The number of para-hydroxylation sites is 1. The molecule has 0 aliphatic rings. The van der Waals surface area contributed by atoms with Crippen LogP contribution in [0.1, 0.15) is 21.5 Å². The molecule has 1 amide bonds. The van der Waals surface area contributed by atoms with E-state index in [2.05, 4.69) is 10.4 Å². The van der Waals surface area contributed by atoms with Crippen LogP contribution >= 0.6 is 0 Å². The number of hydrogen-bond donors (Lipinski definition) is 1. The van der Waals surface area contributed by atoms with Crippen molar-refractivity contribution in [3.05, 3.63) is 89.4 Å². The van der Waals surface area contributed by atoms with Crippen LogP contribution in [0.2, 0.25) is 0 Å². The number of carbonyl (C=O) groups excluding carboxylic acids is 1. The number of nitrogens with zero attached hydrogens (tertiary/aromatic N) is 2. The zero-order valence-electron chi connectivity index (χ0n) is 17.3. The molecule has 4 aromatic rings. The van der Waals surface area contributed by atoms with Gasteiger partial charge in [-0.05, 0) is 35.9 Å². The molecular weight excluding hydrogens is 397 g/mol. The predicted octanol–water partition coefficient (Wildman–Crippen LogP) is 4.17. The largest absolute Gasteiger partial charge is 0.493 e. The fourth-order valence-corrected chi connectivity index (χ4v) is 3.47. The summed E-state index contributed by atoms with van der Waals surface area (Å²) in [4.78, 5) is 12.8. The molecule has 1 aromatic heterocycles. The van der Waals surface area contributed by atoms with Gasteiger partial charge < -0.3 is 14.8 Å². The summed E-state index contributed by atoms with van der Waals surface area (Å²) in [6, 6.07) is 17.3. The maximum Gasteiger partial charge on any atom is 0.251 e. The fourth-order valence-electron chi connectivity index (χ4n) is 3.47. The molecule has 0 aliphatic heterocycles. The lowest BCUT2D eigenvalue weighted by molar-refractivity contribution is 0.0950. The van der Waals surface area contributed by atoms with Gasteiger partial charge in [-0.2, -0.15) is 5.10 Å². The summed E-state index contributed by atoms with van der Waals surface area (Å²) in [6.45, 7) is 0.780. The highest BCUT2D eigenvalue weighted by atomic mass is 19.1. The van der Waals surface area contributed by atoms with Gasteiger partial charge in [-0.3, -0.25) is 9.48 Å². The van der Waals surface area contributed by atoms with Crippen LogP contribution in [0.4, 0.5) is 4.39 Å². The third-order valence-electron chi connectivity index (χ3n) is 5.08. The molecule has 4 rings (SSSR count). The first-order valence-electron chi connectivity index (χ1n) is 9.77. The number of benzene rings is 3. The van der Waals surface area contributed by atoms with Crippen LogP contribution in [0.25, 0.3) is 10.9 Å². The third kappa shape index (κ3) is 4.35. The van der Waals surface area contributed by atoms with E-state index >= 15 is 0 Å². The molecule has 0 radical (unpaired) electrons. The van der Waals surface area contributed by atoms with E-state index in [1.807, 2.05) is 24.3 Å². The van der Waals surface area contributed by atoms with Crippen molar-refractivity contribution in [1.29, 1.82) is 0 Å². The van der Waals surface area contributed by atoms with Gasteiger partial charge in [0, 0.05) is 23.1 Å². The lowest BCUT2D eigenvalue weighted by atomic mass is 10.1. The number of aromatic nitrogens is 2. The molecule has 0 aliphatic carbocycles. The summed E-state index contributed by atoms with van der Waals surface area (Å²) in [5, 5.41) is 8.26. The van der Waals surface area contributed by atoms with E-state index < -0.39 is 0 Å². The molecule has 1 N–H and O–H groups in total. The summed E-state index contributed by atoms with van der Waals surface area (Å²) in [5.41, 5.74) is 3.09. The Morgan fingerprint density at radius 3 is 2.61 bits per heavy atom. The first-order valence-corrected chi connectivity index (χ1v) is 9.77. The number of amides is 1. The minimum Gasteiger partial charge on any atom is -0.493 e. The smallest absolute Gasteiger partial charge is 0.251 e.